The number of halogens is 1. The van der Waals surface area contributed by atoms with Crippen molar-refractivity contribution in [3.05, 3.63) is 47.6 Å². The highest BCUT2D eigenvalue weighted by Crippen LogP contribution is 2.23. The first kappa shape index (κ1) is 14.5. The second kappa shape index (κ2) is 5.73. The summed E-state index contributed by atoms with van der Waals surface area (Å²) in [5.74, 6) is -0.302. The number of fused-ring (bicyclic) bond motifs is 1. The minimum absolute atomic E-state index is 0.289. The minimum Gasteiger partial charge on any atom is -0.458 e. The predicted octanol–water partition coefficient (Wildman–Crippen LogP) is 3.09. The van der Waals surface area contributed by atoms with Crippen LogP contribution in [0.3, 0.4) is 0 Å². The van der Waals surface area contributed by atoms with E-state index < -0.39 is 0 Å². The van der Waals surface area contributed by atoms with Gasteiger partial charge in [0.2, 0.25) is 0 Å². The second-order valence-electron chi connectivity index (χ2n) is 4.79. The van der Waals surface area contributed by atoms with Crippen molar-refractivity contribution in [1.29, 1.82) is 0 Å². The summed E-state index contributed by atoms with van der Waals surface area (Å²) in [6.07, 6.45) is 2.76. The fourth-order valence-electron chi connectivity index (χ4n) is 2.22. The maximum atomic E-state index is 11.0. The van der Waals surface area contributed by atoms with E-state index in [-0.39, 0.29) is 12.1 Å². The Labute approximate surface area is 131 Å². The molecule has 1 atom stereocenters. The minimum atomic E-state index is -0.302. The number of carbonyl (C=O) groups is 1. The van der Waals surface area contributed by atoms with Crippen molar-refractivity contribution in [2.45, 2.75) is 20.0 Å². The van der Waals surface area contributed by atoms with E-state index in [2.05, 4.69) is 15.0 Å². The molecular formula is C15H13ClN4O2. The lowest BCUT2D eigenvalue weighted by molar-refractivity contribution is -0.145. The van der Waals surface area contributed by atoms with Crippen molar-refractivity contribution in [1.82, 2.24) is 19.5 Å². The Balaban J connectivity index is 1.95. The summed E-state index contributed by atoms with van der Waals surface area (Å²) in [6.45, 7) is 3.22. The number of ether oxygens (including phenoxy) is 1. The summed E-state index contributed by atoms with van der Waals surface area (Å²) >= 11 is 6.00. The van der Waals surface area contributed by atoms with E-state index in [9.17, 15) is 4.79 Å². The maximum Gasteiger partial charge on any atom is 0.303 e. The highest BCUT2D eigenvalue weighted by molar-refractivity contribution is 6.33. The van der Waals surface area contributed by atoms with Gasteiger partial charge in [-0.1, -0.05) is 23.7 Å². The Morgan fingerprint density at radius 2 is 1.95 bits per heavy atom. The SMILES string of the molecule is CC(=O)OC(C)c1ccc(-n2cnc3c(Cl)ncnc32)cc1. The van der Waals surface area contributed by atoms with Gasteiger partial charge in [-0.2, -0.15) is 0 Å². The number of aromatic nitrogens is 4. The quantitative estimate of drug-likeness (QED) is 0.548. The van der Waals surface area contributed by atoms with Crippen LogP contribution in [0, 0.1) is 0 Å². The molecular weight excluding hydrogens is 304 g/mol. The molecule has 0 bridgehead atoms. The zero-order valence-electron chi connectivity index (χ0n) is 12.0. The summed E-state index contributed by atoms with van der Waals surface area (Å²) < 4.78 is 6.98. The smallest absolute Gasteiger partial charge is 0.303 e. The molecule has 0 aliphatic rings. The molecule has 1 aromatic carbocycles. The van der Waals surface area contributed by atoms with Crippen molar-refractivity contribution in [3.8, 4) is 5.69 Å². The Morgan fingerprint density at radius 3 is 2.64 bits per heavy atom. The van der Waals surface area contributed by atoms with E-state index in [0.717, 1.165) is 11.3 Å². The Hall–Kier alpha value is -2.47. The zero-order chi connectivity index (χ0) is 15.7. The van der Waals surface area contributed by atoms with Crippen molar-refractivity contribution >= 4 is 28.7 Å². The molecule has 0 fully saturated rings. The topological polar surface area (TPSA) is 69.9 Å². The lowest BCUT2D eigenvalue weighted by atomic mass is 10.1. The van der Waals surface area contributed by atoms with Crippen LogP contribution in [0.5, 0.6) is 0 Å². The summed E-state index contributed by atoms with van der Waals surface area (Å²) in [6, 6.07) is 7.62. The lowest BCUT2D eigenvalue weighted by Gasteiger charge is -2.12. The van der Waals surface area contributed by atoms with Crippen LogP contribution in [0.1, 0.15) is 25.5 Å². The van der Waals surface area contributed by atoms with E-state index in [0.29, 0.717) is 16.3 Å². The third-order valence-electron chi connectivity index (χ3n) is 3.27. The molecule has 1 unspecified atom stereocenters. The maximum absolute atomic E-state index is 11.0. The van der Waals surface area contributed by atoms with Gasteiger partial charge in [-0.15, -0.1) is 0 Å². The highest BCUT2D eigenvalue weighted by Gasteiger charge is 2.11. The Bertz CT molecular complexity index is 829. The normalized spacial score (nSPS) is 12.3. The fourth-order valence-corrected chi connectivity index (χ4v) is 2.40. The number of hydrogen-bond donors (Lipinski definition) is 0. The molecule has 0 aliphatic heterocycles. The molecule has 2 heterocycles. The number of nitrogens with zero attached hydrogens (tertiary/aromatic N) is 4. The molecule has 0 saturated carbocycles. The van der Waals surface area contributed by atoms with Gasteiger partial charge in [0.15, 0.2) is 10.8 Å². The van der Waals surface area contributed by atoms with E-state index in [1.54, 1.807) is 6.33 Å². The van der Waals surface area contributed by atoms with Gasteiger partial charge < -0.3 is 4.74 Å². The first-order valence-electron chi connectivity index (χ1n) is 6.67. The summed E-state index contributed by atoms with van der Waals surface area (Å²) in [7, 11) is 0. The molecule has 0 N–H and O–H groups in total. The lowest BCUT2D eigenvalue weighted by Crippen LogP contribution is -2.05. The number of carbonyl (C=O) groups excluding carboxylic acids is 1. The van der Waals surface area contributed by atoms with Crippen molar-refractivity contribution in [2.75, 3.05) is 0 Å². The van der Waals surface area contributed by atoms with Gasteiger partial charge in [0.05, 0.1) is 0 Å². The molecule has 0 amide bonds. The van der Waals surface area contributed by atoms with Gasteiger partial charge in [-0.3, -0.25) is 9.36 Å². The average molecular weight is 317 g/mol. The summed E-state index contributed by atoms with van der Waals surface area (Å²) in [5.41, 5.74) is 2.99. The molecule has 0 saturated heterocycles. The van der Waals surface area contributed by atoms with Crippen LogP contribution in [-0.4, -0.2) is 25.5 Å². The van der Waals surface area contributed by atoms with Gasteiger partial charge in [0.25, 0.3) is 0 Å². The van der Waals surface area contributed by atoms with E-state index >= 15 is 0 Å². The van der Waals surface area contributed by atoms with Gasteiger partial charge in [0, 0.05) is 12.6 Å². The predicted molar refractivity (Wildman–Crippen MR) is 81.9 cm³/mol. The van der Waals surface area contributed by atoms with Crippen LogP contribution in [0.25, 0.3) is 16.9 Å². The Kier molecular flexibility index (Phi) is 3.77. The van der Waals surface area contributed by atoms with Gasteiger partial charge >= 0.3 is 5.97 Å². The number of hydrogen-bond acceptors (Lipinski definition) is 5. The fraction of sp³-hybridized carbons (Fsp3) is 0.200. The first-order valence-corrected chi connectivity index (χ1v) is 7.05. The largest absolute Gasteiger partial charge is 0.458 e. The van der Waals surface area contributed by atoms with Crippen molar-refractivity contribution in [3.63, 3.8) is 0 Å². The number of rotatable bonds is 3. The van der Waals surface area contributed by atoms with Crippen LogP contribution >= 0.6 is 11.6 Å². The monoisotopic (exact) mass is 316 g/mol. The van der Waals surface area contributed by atoms with Gasteiger partial charge in [-0.05, 0) is 24.6 Å². The molecule has 7 heteroatoms. The number of benzene rings is 1. The molecule has 0 radical (unpaired) electrons. The molecule has 6 nitrogen and oxygen atoms in total. The van der Waals surface area contributed by atoms with Crippen LogP contribution in [-0.2, 0) is 9.53 Å². The van der Waals surface area contributed by atoms with Crippen LogP contribution in [0.4, 0.5) is 0 Å². The van der Waals surface area contributed by atoms with E-state index in [4.69, 9.17) is 16.3 Å². The van der Waals surface area contributed by atoms with Crippen LogP contribution in [0.15, 0.2) is 36.9 Å². The molecule has 3 aromatic rings. The van der Waals surface area contributed by atoms with Crippen LogP contribution < -0.4 is 0 Å². The third-order valence-corrected chi connectivity index (χ3v) is 3.55. The zero-order valence-corrected chi connectivity index (χ0v) is 12.8. The molecule has 22 heavy (non-hydrogen) atoms. The summed E-state index contributed by atoms with van der Waals surface area (Å²) in [5, 5.41) is 0.323. The van der Waals surface area contributed by atoms with E-state index in [1.165, 1.54) is 13.3 Å². The Morgan fingerprint density at radius 1 is 1.23 bits per heavy atom. The molecule has 0 spiro atoms. The number of imidazole rings is 1. The molecule has 0 aliphatic carbocycles. The average Bonchev–Trinajstić information content (AvgIpc) is 2.92. The standard InChI is InChI=1S/C15H13ClN4O2/c1-9(22-10(2)21)11-3-5-12(6-4-11)20-8-19-13-14(16)17-7-18-15(13)20/h3-9H,1-2H3. The third kappa shape index (κ3) is 2.65. The number of esters is 1. The molecule has 112 valence electrons. The second-order valence-corrected chi connectivity index (χ2v) is 5.15. The molecule has 2 aromatic heterocycles. The van der Waals surface area contributed by atoms with Gasteiger partial charge in [0.1, 0.15) is 24.3 Å². The highest BCUT2D eigenvalue weighted by atomic mass is 35.5. The van der Waals surface area contributed by atoms with Crippen LogP contribution in [0.2, 0.25) is 5.15 Å². The molecule has 3 rings (SSSR count). The van der Waals surface area contributed by atoms with Gasteiger partial charge in [-0.25, -0.2) is 15.0 Å². The van der Waals surface area contributed by atoms with Crippen molar-refractivity contribution in [2.24, 2.45) is 0 Å². The van der Waals surface area contributed by atoms with E-state index in [1.807, 2.05) is 35.8 Å². The summed E-state index contributed by atoms with van der Waals surface area (Å²) in [4.78, 5) is 23.3. The first-order chi connectivity index (χ1) is 10.6. The van der Waals surface area contributed by atoms with Crippen molar-refractivity contribution < 1.29 is 9.53 Å².